The van der Waals surface area contributed by atoms with E-state index in [2.05, 4.69) is 5.43 Å². The monoisotopic (exact) mass is 228 g/mol. The molecule has 0 amide bonds. The van der Waals surface area contributed by atoms with Gasteiger partial charge in [-0.25, -0.2) is 0 Å². The summed E-state index contributed by atoms with van der Waals surface area (Å²) in [6.45, 7) is 1.68. The highest BCUT2D eigenvalue weighted by Crippen LogP contribution is 2.38. The van der Waals surface area contributed by atoms with Gasteiger partial charge in [0.15, 0.2) is 0 Å². The van der Waals surface area contributed by atoms with Crippen LogP contribution in [0.15, 0.2) is 0 Å². The Hall–Kier alpha value is -0.160. The van der Waals surface area contributed by atoms with Crippen LogP contribution in [0.3, 0.4) is 0 Å². The number of hydrogen-bond acceptors (Lipinski definition) is 4. The Morgan fingerprint density at radius 3 is 2.62 bits per heavy atom. The zero-order valence-electron chi connectivity index (χ0n) is 10.2. The summed E-state index contributed by atoms with van der Waals surface area (Å²) in [7, 11) is 1.82. The SMILES string of the molecule is COC1(C(NN)C2CCOC2)CCCCC1. The van der Waals surface area contributed by atoms with Crippen molar-refractivity contribution in [3.8, 4) is 0 Å². The van der Waals surface area contributed by atoms with Crippen LogP contribution in [0.2, 0.25) is 0 Å². The first-order valence-corrected chi connectivity index (χ1v) is 6.41. The Morgan fingerprint density at radius 2 is 2.12 bits per heavy atom. The predicted octanol–water partition coefficient (Wildman–Crippen LogP) is 1.20. The molecule has 3 N–H and O–H groups in total. The summed E-state index contributed by atoms with van der Waals surface area (Å²) in [6, 6.07) is 0.236. The van der Waals surface area contributed by atoms with E-state index in [1.54, 1.807) is 0 Å². The summed E-state index contributed by atoms with van der Waals surface area (Å²) in [5.41, 5.74) is 2.94. The fourth-order valence-electron chi connectivity index (χ4n) is 3.33. The van der Waals surface area contributed by atoms with E-state index < -0.39 is 0 Å². The van der Waals surface area contributed by atoms with E-state index in [1.807, 2.05) is 7.11 Å². The lowest BCUT2D eigenvalue weighted by atomic mass is 9.74. The van der Waals surface area contributed by atoms with E-state index in [4.69, 9.17) is 15.3 Å². The molecule has 0 spiro atoms. The van der Waals surface area contributed by atoms with Crippen LogP contribution < -0.4 is 11.3 Å². The van der Waals surface area contributed by atoms with Gasteiger partial charge in [-0.2, -0.15) is 0 Å². The molecule has 0 aromatic heterocycles. The van der Waals surface area contributed by atoms with Crippen molar-refractivity contribution in [2.45, 2.75) is 50.2 Å². The normalized spacial score (nSPS) is 31.5. The summed E-state index contributed by atoms with van der Waals surface area (Å²) in [4.78, 5) is 0. The maximum Gasteiger partial charge on any atom is 0.0848 e. The standard InChI is InChI=1S/C12H24N2O2/c1-15-12(6-3-2-4-7-12)11(14-13)10-5-8-16-9-10/h10-11,14H,2-9,13H2,1H3. The molecule has 1 saturated carbocycles. The smallest absolute Gasteiger partial charge is 0.0848 e. The van der Waals surface area contributed by atoms with Gasteiger partial charge in [-0.1, -0.05) is 19.3 Å². The van der Waals surface area contributed by atoms with Crippen LogP contribution in [0.4, 0.5) is 0 Å². The van der Waals surface area contributed by atoms with Crippen molar-refractivity contribution in [1.82, 2.24) is 5.43 Å². The van der Waals surface area contributed by atoms with Crippen LogP contribution in [-0.2, 0) is 9.47 Å². The zero-order valence-corrected chi connectivity index (χ0v) is 10.2. The van der Waals surface area contributed by atoms with Gasteiger partial charge >= 0.3 is 0 Å². The number of hydrogen-bond donors (Lipinski definition) is 2. The van der Waals surface area contributed by atoms with Gasteiger partial charge in [-0.3, -0.25) is 11.3 Å². The van der Waals surface area contributed by atoms with Gasteiger partial charge in [0.2, 0.25) is 0 Å². The van der Waals surface area contributed by atoms with Crippen molar-refractivity contribution in [1.29, 1.82) is 0 Å². The second-order valence-corrected chi connectivity index (χ2v) is 5.10. The van der Waals surface area contributed by atoms with Crippen molar-refractivity contribution in [2.24, 2.45) is 11.8 Å². The van der Waals surface area contributed by atoms with Gasteiger partial charge in [-0.15, -0.1) is 0 Å². The molecule has 1 heterocycles. The first-order chi connectivity index (χ1) is 7.82. The number of nitrogens with one attached hydrogen (secondary N) is 1. The molecule has 4 nitrogen and oxygen atoms in total. The van der Waals surface area contributed by atoms with Crippen LogP contribution in [0.1, 0.15) is 38.5 Å². The molecule has 0 radical (unpaired) electrons. The molecule has 0 bridgehead atoms. The fourth-order valence-corrected chi connectivity index (χ4v) is 3.33. The third kappa shape index (κ3) is 2.25. The van der Waals surface area contributed by atoms with E-state index in [1.165, 1.54) is 19.3 Å². The molecule has 94 valence electrons. The Bertz CT molecular complexity index is 211. The van der Waals surface area contributed by atoms with Crippen LogP contribution in [0.5, 0.6) is 0 Å². The molecule has 1 saturated heterocycles. The predicted molar refractivity (Wildman–Crippen MR) is 62.9 cm³/mol. The molecule has 2 unspecified atom stereocenters. The van der Waals surface area contributed by atoms with Crippen molar-refractivity contribution in [3.63, 3.8) is 0 Å². The Balaban J connectivity index is 2.08. The van der Waals surface area contributed by atoms with Crippen LogP contribution in [0, 0.1) is 5.92 Å². The summed E-state index contributed by atoms with van der Waals surface area (Å²) in [5.74, 6) is 6.26. The van der Waals surface area contributed by atoms with Crippen molar-refractivity contribution in [2.75, 3.05) is 20.3 Å². The van der Waals surface area contributed by atoms with E-state index in [-0.39, 0.29) is 11.6 Å². The topological polar surface area (TPSA) is 56.5 Å². The first kappa shape index (κ1) is 12.3. The second-order valence-electron chi connectivity index (χ2n) is 5.10. The average Bonchev–Trinajstić information content (AvgIpc) is 2.85. The minimum Gasteiger partial charge on any atom is -0.381 e. The quantitative estimate of drug-likeness (QED) is 0.561. The molecule has 4 heteroatoms. The number of ether oxygens (including phenoxy) is 2. The molecular weight excluding hydrogens is 204 g/mol. The highest BCUT2D eigenvalue weighted by atomic mass is 16.5. The number of methoxy groups -OCH3 is 1. The van der Waals surface area contributed by atoms with Crippen molar-refractivity contribution in [3.05, 3.63) is 0 Å². The Labute approximate surface area is 97.8 Å². The first-order valence-electron chi connectivity index (χ1n) is 6.41. The lowest BCUT2D eigenvalue weighted by Gasteiger charge is -2.44. The molecule has 0 aromatic rings. The molecule has 2 rings (SSSR count). The van der Waals surface area contributed by atoms with Gasteiger partial charge in [-0.05, 0) is 19.3 Å². The minimum absolute atomic E-state index is 0.0641. The largest absolute Gasteiger partial charge is 0.381 e. The molecule has 2 fully saturated rings. The van der Waals surface area contributed by atoms with E-state index in [9.17, 15) is 0 Å². The van der Waals surface area contributed by atoms with Gasteiger partial charge < -0.3 is 9.47 Å². The third-order valence-electron chi connectivity index (χ3n) is 4.29. The van der Waals surface area contributed by atoms with Crippen LogP contribution in [-0.4, -0.2) is 32.0 Å². The van der Waals surface area contributed by atoms with E-state index in [0.717, 1.165) is 32.5 Å². The summed E-state index contributed by atoms with van der Waals surface area (Å²) in [6.07, 6.45) is 7.16. The maximum atomic E-state index is 5.85. The van der Waals surface area contributed by atoms with Crippen molar-refractivity contribution < 1.29 is 9.47 Å². The van der Waals surface area contributed by atoms with Crippen molar-refractivity contribution >= 4 is 0 Å². The maximum absolute atomic E-state index is 5.85. The highest BCUT2D eigenvalue weighted by Gasteiger charge is 2.44. The molecule has 0 aromatic carbocycles. The van der Waals surface area contributed by atoms with Crippen LogP contribution in [0.25, 0.3) is 0 Å². The van der Waals surface area contributed by atoms with Gasteiger partial charge in [0.1, 0.15) is 0 Å². The highest BCUT2D eigenvalue weighted by molar-refractivity contribution is 4.98. The summed E-state index contributed by atoms with van der Waals surface area (Å²) < 4.78 is 11.3. The average molecular weight is 228 g/mol. The third-order valence-corrected chi connectivity index (χ3v) is 4.29. The Kier molecular flexibility index (Phi) is 4.19. The number of hydrazine groups is 1. The fraction of sp³-hybridized carbons (Fsp3) is 1.00. The lowest BCUT2D eigenvalue weighted by Crippen LogP contribution is -2.59. The van der Waals surface area contributed by atoms with Gasteiger partial charge in [0.05, 0.1) is 18.2 Å². The lowest BCUT2D eigenvalue weighted by molar-refractivity contribution is -0.0821. The molecule has 16 heavy (non-hydrogen) atoms. The van der Waals surface area contributed by atoms with Crippen LogP contribution >= 0.6 is 0 Å². The molecule has 2 aliphatic rings. The zero-order chi connectivity index (χ0) is 11.4. The second kappa shape index (κ2) is 5.45. The van der Waals surface area contributed by atoms with Gasteiger partial charge in [0.25, 0.3) is 0 Å². The molecule has 1 aliphatic carbocycles. The molecule has 1 aliphatic heterocycles. The number of rotatable bonds is 4. The van der Waals surface area contributed by atoms with E-state index >= 15 is 0 Å². The number of nitrogens with two attached hydrogens (primary N) is 1. The molecule has 2 atom stereocenters. The Morgan fingerprint density at radius 1 is 1.38 bits per heavy atom. The van der Waals surface area contributed by atoms with Gasteiger partial charge in [0, 0.05) is 19.6 Å². The van der Waals surface area contributed by atoms with E-state index in [0.29, 0.717) is 5.92 Å². The minimum atomic E-state index is -0.0641. The molecular formula is C12H24N2O2. The summed E-state index contributed by atoms with van der Waals surface area (Å²) >= 11 is 0. The summed E-state index contributed by atoms with van der Waals surface area (Å²) in [5, 5.41) is 0.